The highest BCUT2D eigenvalue weighted by molar-refractivity contribution is 5.93. The molecule has 0 saturated heterocycles. The molecule has 0 heterocycles. The van der Waals surface area contributed by atoms with Gasteiger partial charge in [-0.05, 0) is 32.0 Å². The number of rotatable bonds is 10. The predicted octanol–water partition coefficient (Wildman–Crippen LogP) is 2.38. The average molecular weight is 294 g/mol. The first-order valence-corrected chi connectivity index (χ1v) is 7.44. The zero-order valence-electron chi connectivity index (χ0n) is 13.2. The number of amides is 1. The lowest BCUT2D eigenvalue weighted by molar-refractivity contribution is -0.117. The number of para-hydroxylation sites is 2. The number of hydrogen-bond acceptors (Lipinski definition) is 4. The molecule has 0 aromatic heterocycles. The first-order chi connectivity index (χ1) is 10.2. The van der Waals surface area contributed by atoms with Gasteiger partial charge in [0.2, 0.25) is 5.91 Å². The highest BCUT2D eigenvalue weighted by Gasteiger charge is 2.11. The molecular weight excluding hydrogens is 268 g/mol. The van der Waals surface area contributed by atoms with Crippen molar-refractivity contribution in [2.45, 2.75) is 20.3 Å². The van der Waals surface area contributed by atoms with Crippen molar-refractivity contribution in [3.05, 3.63) is 24.3 Å². The van der Waals surface area contributed by atoms with Crippen molar-refractivity contribution in [3.8, 4) is 5.75 Å². The summed E-state index contributed by atoms with van der Waals surface area (Å²) in [4.78, 5) is 14.2. The monoisotopic (exact) mass is 294 g/mol. The van der Waals surface area contributed by atoms with Gasteiger partial charge in [-0.3, -0.25) is 9.69 Å². The molecule has 0 aliphatic heterocycles. The summed E-state index contributed by atoms with van der Waals surface area (Å²) in [6.45, 7) is 7.43. The van der Waals surface area contributed by atoms with Crippen LogP contribution in [0.2, 0.25) is 0 Å². The van der Waals surface area contributed by atoms with Crippen molar-refractivity contribution >= 4 is 11.6 Å². The number of hydrogen-bond donors (Lipinski definition) is 1. The number of carbonyl (C=O) groups is 1. The zero-order chi connectivity index (χ0) is 15.5. The fourth-order valence-corrected chi connectivity index (χ4v) is 2.06. The van der Waals surface area contributed by atoms with Crippen molar-refractivity contribution in [1.29, 1.82) is 0 Å². The van der Waals surface area contributed by atoms with Gasteiger partial charge in [-0.1, -0.05) is 19.1 Å². The van der Waals surface area contributed by atoms with E-state index in [1.807, 2.05) is 31.2 Å². The van der Waals surface area contributed by atoms with Crippen LogP contribution < -0.4 is 10.1 Å². The van der Waals surface area contributed by atoms with Gasteiger partial charge in [0.1, 0.15) is 5.75 Å². The quantitative estimate of drug-likeness (QED) is 0.673. The van der Waals surface area contributed by atoms with Gasteiger partial charge in [-0.2, -0.15) is 0 Å². The second-order valence-electron chi connectivity index (χ2n) is 4.72. The van der Waals surface area contributed by atoms with Crippen LogP contribution >= 0.6 is 0 Å². The minimum absolute atomic E-state index is 0.0375. The molecule has 1 aromatic carbocycles. The van der Waals surface area contributed by atoms with Gasteiger partial charge in [0.15, 0.2) is 0 Å². The standard InChI is InChI=1S/C16H26N2O3/c1-4-10-18(11-12-21-5-2)13-16(19)17-14-8-6-7-9-15(14)20-3/h6-9H,4-5,10-13H2,1-3H3,(H,17,19). The second kappa shape index (κ2) is 10.2. The molecule has 0 aliphatic rings. The Morgan fingerprint density at radius 3 is 2.67 bits per heavy atom. The van der Waals surface area contributed by atoms with E-state index in [0.717, 1.165) is 19.5 Å². The van der Waals surface area contributed by atoms with Crippen LogP contribution in [0.1, 0.15) is 20.3 Å². The first-order valence-electron chi connectivity index (χ1n) is 7.44. The third-order valence-corrected chi connectivity index (χ3v) is 3.04. The topological polar surface area (TPSA) is 50.8 Å². The number of nitrogens with one attached hydrogen (secondary N) is 1. The number of carbonyl (C=O) groups excluding carboxylic acids is 1. The molecule has 21 heavy (non-hydrogen) atoms. The third-order valence-electron chi connectivity index (χ3n) is 3.04. The van der Waals surface area contributed by atoms with Gasteiger partial charge in [0.25, 0.3) is 0 Å². The maximum atomic E-state index is 12.1. The van der Waals surface area contributed by atoms with Crippen LogP contribution in [0, 0.1) is 0 Å². The zero-order valence-corrected chi connectivity index (χ0v) is 13.2. The number of anilines is 1. The van der Waals surface area contributed by atoms with Crippen molar-refractivity contribution in [2.75, 3.05) is 45.3 Å². The Bertz CT molecular complexity index is 424. The number of methoxy groups -OCH3 is 1. The lowest BCUT2D eigenvalue weighted by Crippen LogP contribution is -2.36. The van der Waals surface area contributed by atoms with Crippen molar-refractivity contribution in [1.82, 2.24) is 4.90 Å². The number of nitrogens with zero attached hydrogens (tertiary/aromatic N) is 1. The van der Waals surface area contributed by atoms with E-state index in [9.17, 15) is 4.79 Å². The summed E-state index contributed by atoms with van der Waals surface area (Å²) in [6, 6.07) is 7.41. The van der Waals surface area contributed by atoms with Crippen LogP contribution in [-0.2, 0) is 9.53 Å². The molecule has 0 aliphatic carbocycles. The number of ether oxygens (including phenoxy) is 2. The van der Waals surface area contributed by atoms with E-state index in [1.165, 1.54) is 0 Å². The summed E-state index contributed by atoms with van der Waals surface area (Å²) >= 11 is 0. The molecule has 1 N–H and O–H groups in total. The molecule has 0 fully saturated rings. The van der Waals surface area contributed by atoms with Gasteiger partial charge in [-0.25, -0.2) is 0 Å². The Morgan fingerprint density at radius 2 is 2.00 bits per heavy atom. The second-order valence-corrected chi connectivity index (χ2v) is 4.72. The summed E-state index contributed by atoms with van der Waals surface area (Å²) < 4.78 is 10.6. The van der Waals surface area contributed by atoms with E-state index in [-0.39, 0.29) is 5.91 Å². The van der Waals surface area contributed by atoms with Crippen LogP contribution in [0.25, 0.3) is 0 Å². The maximum Gasteiger partial charge on any atom is 0.238 e. The largest absolute Gasteiger partial charge is 0.495 e. The van der Waals surface area contributed by atoms with Crippen LogP contribution in [0.5, 0.6) is 5.75 Å². The summed E-state index contributed by atoms with van der Waals surface area (Å²) in [5, 5.41) is 2.89. The molecule has 0 radical (unpaired) electrons. The highest BCUT2D eigenvalue weighted by Crippen LogP contribution is 2.22. The van der Waals surface area contributed by atoms with Crippen molar-refractivity contribution in [3.63, 3.8) is 0 Å². The first kappa shape index (κ1) is 17.5. The molecule has 0 saturated carbocycles. The van der Waals surface area contributed by atoms with E-state index in [1.54, 1.807) is 7.11 Å². The summed E-state index contributed by atoms with van der Waals surface area (Å²) in [7, 11) is 1.59. The Hall–Kier alpha value is -1.59. The Kier molecular flexibility index (Phi) is 8.47. The van der Waals surface area contributed by atoms with E-state index in [4.69, 9.17) is 9.47 Å². The van der Waals surface area contributed by atoms with Crippen molar-refractivity contribution in [2.24, 2.45) is 0 Å². The van der Waals surface area contributed by atoms with E-state index < -0.39 is 0 Å². The van der Waals surface area contributed by atoms with Gasteiger partial charge in [-0.15, -0.1) is 0 Å². The molecule has 0 atom stereocenters. The minimum Gasteiger partial charge on any atom is -0.495 e. The van der Waals surface area contributed by atoms with Gasteiger partial charge in [0, 0.05) is 13.2 Å². The van der Waals surface area contributed by atoms with Crippen molar-refractivity contribution < 1.29 is 14.3 Å². The highest BCUT2D eigenvalue weighted by atomic mass is 16.5. The summed E-state index contributed by atoms with van der Waals surface area (Å²) in [5.74, 6) is 0.631. The summed E-state index contributed by atoms with van der Waals surface area (Å²) in [5.41, 5.74) is 0.700. The average Bonchev–Trinajstić information content (AvgIpc) is 2.48. The maximum absolute atomic E-state index is 12.1. The number of benzene rings is 1. The smallest absolute Gasteiger partial charge is 0.238 e. The Labute approximate surface area is 127 Å². The van der Waals surface area contributed by atoms with Gasteiger partial charge < -0.3 is 14.8 Å². The molecule has 118 valence electrons. The predicted molar refractivity (Wildman–Crippen MR) is 84.8 cm³/mol. The molecular formula is C16H26N2O3. The molecule has 1 amide bonds. The molecule has 5 nitrogen and oxygen atoms in total. The van der Waals surface area contributed by atoms with E-state index in [0.29, 0.717) is 31.2 Å². The Balaban J connectivity index is 2.52. The third kappa shape index (κ3) is 6.60. The summed E-state index contributed by atoms with van der Waals surface area (Å²) in [6.07, 6.45) is 1.01. The van der Waals surface area contributed by atoms with E-state index >= 15 is 0 Å². The van der Waals surface area contributed by atoms with Gasteiger partial charge in [0.05, 0.1) is 25.9 Å². The fourth-order valence-electron chi connectivity index (χ4n) is 2.06. The molecule has 1 aromatic rings. The molecule has 5 heteroatoms. The van der Waals surface area contributed by atoms with Gasteiger partial charge >= 0.3 is 0 Å². The van der Waals surface area contributed by atoms with Crippen LogP contribution in [0.3, 0.4) is 0 Å². The Morgan fingerprint density at radius 1 is 1.24 bits per heavy atom. The fraction of sp³-hybridized carbons (Fsp3) is 0.562. The molecule has 0 spiro atoms. The lowest BCUT2D eigenvalue weighted by Gasteiger charge is -2.21. The SMILES string of the molecule is CCCN(CCOCC)CC(=O)Nc1ccccc1OC. The molecule has 1 rings (SSSR count). The normalized spacial score (nSPS) is 10.7. The molecule has 0 unspecified atom stereocenters. The minimum atomic E-state index is -0.0375. The van der Waals surface area contributed by atoms with Crippen LogP contribution in [0.4, 0.5) is 5.69 Å². The lowest BCUT2D eigenvalue weighted by atomic mass is 10.3. The van der Waals surface area contributed by atoms with Crippen LogP contribution in [-0.4, -0.2) is 50.8 Å². The molecule has 0 bridgehead atoms. The van der Waals surface area contributed by atoms with E-state index in [2.05, 4.69) is 17.1 Å². The van der Waals surface area contributed by atoms with Crippen LogP contribution in [0.15, 0.2) is 24.3 Å².